The highest BCUT2D eigenvalue weighted by Crippen LogP contribution is 2.33. The van der Waals surface area contributed by atoms with Gasteiger partial charge in [-0.15, -0.1) is 0 Å². The van der Waals surface area contributed by atoms with Gasteiger partial charge in [-0.1, -0.05) is 0 Å². The zero-order valence-corrected chi connectivity index (χ0v) is 13.6. The SMILES string of the molecule is CC(C)n1nc(-c2ccc3oc(NC=O)nc3c2)c2c(N)ncnc21. The van der Waals surface area contributed by atoms with E-state index in [2.05, 4.69) is 25.4 Å². The largest absolute Gasteiger partial charge is 0.423 e. The normalized spacial score (nSPS) is 11.5. The third-order valence-corrected chi connectivity index (χ3v) is 3.85. The molecule has 3 aromatic heterocycles. The lowest BCUT2D eigenvalue weighted by atomic mass is 10.1. The number of nitrogens with one attached hydrogen (secondary N) is 1. The van der Waals surface area contributed by atoms with Gasteiger partial charge in [0.2, 0.25) is 6.41 Å². The van der Waals surface area contributed by atoms with Crippen LogP contribution in [0, 0.1) is 0 Å². The molecule has 0 unspecified atom stereocenters. The number of nitrogens with zero attached hydrogens (tertiary/aromatic N) is 5. The fraction of sp³-hybridized carbons (Fsp3) is 0.188. The van der Waals surface area contributed by atoms with Crippen molar-refractivity contribution in [3.8, 4) is 11.3 Å². The quantitative estimate of drug-likeness (QED) is 0.548. The number of nitrogens with two attached hydrogens (primary N) is 1. The van der Waals surface area contributed by atoms with Crippen LogP contribution in [0.5, 0.6) is 0 Å². The highest BCUT2D eigenvalue weighted by molar-refractivity contribution is 5.99. The maximum absolute atomic E-state index is 10.5. The summed E-state index contributed by atoms with van der Waals surface area (Å²) in [5.41, 5.74) is 9.41. The second-order valence-electron chi connectivity index (χ2n) is 5.81. The van der Waals surface area contributed by atoms with Gasteiger partial charge in [-0.05, 0) is 32.0 Å². The summed E-state index contributed by atoms with van der Waals surface area (Å²) in [4.78, 5) is 23.2. The summed E-state index contributed by atoms with van der Waals surface area (Å²) >= 11 is 0. The highest BCUT2D eigenvalue weighted by Gasteiger charge is 2.19. The molecular weight excluding hydrogens is 322 g/mol. The molecular formula is C16H15N7O2. The molecule has 126 valence electrons. The van der Waals surface area contributed by atoms with Crippen molar-refractivity contribution >= 4 is 40.4 Å². The van der Waals surface area contributed by atoms with Crippen LogP contribution in [0.1, 0.15) is 19.9 Å². The molecule has 0 aliphatic rings. The van der Waals surface area contributed by atoms with Crippen molar-refractivity contribution in [2.75, 3.05) is 11.1 Å². The molecule has 0 aliphatic heterocycles. The van der Waals surface area contributed by atoms with Gasteiger partial charge < -0.3 is 10.2 Å². The summed E-state index contributed by atoms with van der Waals surface area (Å²) in [6.45, 7) is 4.04. The maximum Gasteiger partial charge on any atom is 0.302 e. The zero-order chi connectivity index (χ0) is 17.6. The number of nitrogen functional groups attached to an aromatic ring is 1. The van der Waals surface area contributed by atoms with E-state index < -0.39 is 0 Å². The number of aromatic nitrogens is 5. The second kappa shape index (κ2) is 5.55. The van der Waals surface area contributed by atoms with Gasteiger partial charge in [0, 0.05) is 11.6 Å². The lowest BCUT2D eigenvalue weighted by Gasteiger charge is -2.05. The van der Waals surface area contributed by atoms with Crippen molar-refractivity contribution in [3.05, 3.63) is 24.5 Å². The molecule has 1 amide bonds. The molecule has 0 spiro atoms. The van der Waals surface area contributed by atoms with E-state index >= 15 is 0 Å². The molecule has 3 heterocycles. The van der Waals surface area contributed by atoms with E-state index in [1.54, 1.807) is 6.07 Å². The predicted octanol–water partition coefficient (Wildman–Crippen LogP) is 2.37. The number of anilines is 2. The first-order chi connectivity index (χ1) is 12.1. The zero-order valence-electron chi connectivity index (χ0n) is 13.6. The van der Waals surface area contributed by atoms with Crippen molar-refractivity contribution in [1.29, 1.82) is 0 Å². The maximum atomic E-state index is 10.5. The van der Waals surface area contributed by atoms with E-state index in [-0.39, 0.29) is 12.1 Å². The number of amides is 1. The molecule has 1 aromatic carbocycles. The van der Waals surface area contributed by atoms with Gasteiger partial charge >= 0.3 is 6.01 Å². The number of rotatable bonds is 4. The summed E-state index contributed by atoms with van der Waals surface area (Å²) in [5, 5.41) is 7.77. The van der Waals surface area contributed by atoms with Gasteiger partial charge in [0.15, 0.2) is 11.2 Å². The van der Waals surface area contributed by atoms with Crippen LogP contribution < -0.4 is 11.1 Å². The minimum Gasteiger partial charge on any atom is -0.423 e. The van der Waals surface area contributed by atoms with E-state index in [4.69, 9.17) is 10.2 Å². The molecule has 0 saturated heterocycles. The van der Waals surface area contributed by atoms with Crippen LogP contribution in [0.3, 0.4) is 0 Å². The Bertz CT molecular complexity index is 1100. The van der Waals surface area contributed by atoms with E-state index in [1.807, 2.05) is 30.7 Å². The van der Waals surface area contributed by atoms with Crippen molar-refractivity contribution in [2.24, 2.45) is 0 Å². The van der Waals surface area contributed by atoms with Gasteiger partial charge in [0.25, 0.3) is 0 Å². The first-order valence-electron chi connectivity index (χ1n) is 7.68. The Morgan fingerprint density at radius 1 is 1.32 bits per heavy atom. The minimum atomic E-state index is 0.115. The topological polar surface area (TPSA) is 125 Å². The molecule has 0 saturated carbocycles. The van der Waals surface area contributed by atoms with Crippen LogP contribution in [-0.2, 0) is 4.79 Å². The highest BCUT2D eigenvalue weighted by atomic mass is 16.4. The minimum absolute atomic E-state index is 0.115. The molecule has 9 heteroatoms. The Kier molecular flexibility index (Phi) is 3.34. The monoisotopic (exact) mass is 337 g/mol. The van der Waals surface area contributed by atoms with Gasteiger partial charge in [-0.3, -0.25) is 10.1 Å². The fourth-order valence-electron chi connectivity index (χ4n) is 2.74. The summed E-state index contributed by atoms with van der Waals surface area (Å²) in [6, 6.07) is 5.71. The number of carbonyl (C=O) groups is 1. The number of hydrogen-bond donors (Lipinski definition) is 2. The number of benzene rings is 1. The van der Waals surface area contributed by atoms with Crippen LogP contribution >= 0.6 is 0 Å². The average molecular weight is 337 g/mol. The van der Waals surface area contributed by atoms with Crippen molar-refractivity contribution in [2.45, 2.75) is 19.9 Å². The summed E-state index contributed by atoms with van der Waals surface area (Å²) in [6.07, 6.45) is 1.95. The van der Waals surface area contributed by atoms with E-state index in [0.717, 1.165) is 5.56 Å². The van der Waals surface area contributed by atoms with Crippen molar-refractivity contribution < 1.29 is 9.21 Å². The first kappa shape index (κ1) is 15.1. The Labute approximate surface area is 141 Å². The molecule has 0 bridgehead atoms. The van der Waals surface area contributed by atoms with Crippen LogP contribution in [-0.4, -0.2) is 31.1 Å². The fourth-order valence-corrected chi connectivity index (χ4v) is 2.74. The molecule has 25 heavy (non-hydrogen) atoms. The summed E-state index contributed by atoms with van der Waals surface area (Å²) in [5.74, 6) is 0.371. The standard InChI is InChI=1S/C16H15N7O2/c1-8(2)23-15-12(14(17)18-6-19-15)13(22-23)9-3-4-11-10(5-9)21-16(25-11)20-7-24/h3-8H,1-2H3,(H2,17,18,19)(H,20,21,24). The molecule has 4 aromatic rings. The molecule has 0 aliphatic carbocycles. The molecule has 0 fully saturated rings. The van der Waals surface area contributed by atoms with Crippen LogP contribution in [0.4, 0.5) is 11.8 Å². The van der Waals surface area contributed by atoms with E-state index in [9.17, 15) is 4.79 Å². The summed E-state index contributed by atoms with van der Waals surface area (Å²) < 4.78 is 7.24. The van der Waals surface area contributed by atoms with E-state index in [1.165, 1.54) is 6.33 Å². The average Bonchev–Trinajstić information content (AvgIpc) is 3.16. The number of fused-ring (bicyclic) bond motifs is 2. The molecule has 0 radical (unpaired) electrons. The number of carbonyl (C=O) groups excluding carboxylic acids is 1. The van der Waals surface area contributed by atoms with Crippen molar-refractivity contribution in [3.63, 3.8) is 0 Å². The van der Waals surface area contributed by atoms with Crippen molar-refractivity contribution in [1.82, 2.24) is 24.7 Å². The van der Waals surface area contributed by atoms with Gasteiger partial charge in [-0.25, -0.2) is 14.6 Å². The third kappa shape index (κ3) is 2.36. The lowest BCUT2D eigenvalue weighted by molar-refractivity contribution is -0.105. The molecule has 4 rings (SSSR count). The Balaban J connectivity index is 1.94. The summed E-state index contributed by atoms with van der Waals surface area (Å²) in [7, 11) is 0. The third-order valence-electron chi connectivity index (χ3n) is 3.85. The van der Waals surface area contributed by atoms with Crippen LogP contribution in [0.2, 0.25) is 0 Å². The smallest absolute Gasteiger partial charge is 0.302 e. The van der Waals surface area contributed by atoms with E-state index in [0.29, 0.717) is 40.1 Å². The van der Waals surface area contributed by atoms with Gasteiger partial charge in [-0.2, -0.15) is 10.1 Å². The molecule has 0 atom stereocenters. The first-order valence-corrected chi connectivity index (χ1v) is 7.68. The second-order valence-corrected chi connectivity index (χ2v) is 5.81. The molecule has 9 nitrogen and oxygen atoms in total. The number of oxazole rings is 1. The molecule has 3 N–H and O–H groups in total. The van der Waals surface area contributed by atoms with Crippen LogP contribution in [0.15, 0.2) is 28.9 Å². The predicted molar refractivity (Wildman–Crippen MR) is 92.8 cm³/mol. The Morgan fingerprint density at radius 2 is 2.16 bits per heavy atom. The Hall–Kier alpha value is -3.49. The van der Waals surface area contributed by atoms with Gasteiger partial charge in [0.1, 0.15) is 23.4 Å². The number of hydrogen-bond acceptors (Lipinski definition) is 7. The Morgan fingerprint density at radius 3 is 2.92 bits per heavy atom. The lowest BCUT2D eigenvalue weighted by Crippen LogP contribution is -2.04. The van der Waals surface area contributed by atoms with Gasteiger partial charge in [0.05, 0.1) is 5.39 Å². The van der Waals surface area contributed by atoms with Crippen LogP contribution in [0.25, 0.3) is 33.4 Å².